The molecule has 0 radical (unpaired) electrons. The van der Waals surface area contributed by atoms with Gasteiger partial charge in [-0.05, 0) is 44.5 Å². The van der Waals surface area contributed by atoms with Gasteiger partial charge in [-0.2, -0.15) is 0 Å². The second-order valence-corrected chi connectivity index (χ2v) is 5.40. The average molecular weight is 322 g/mol. The molecule has 0 saturated carbocycles. The quantitative estimate of drug-likeness (QED) is 0.404. The van der Waals surface area contributed by atoms with Crippen LogP contribution in [0.25, 0.3) is 0 Å². The zero-order valence-electron chi connectivity index (χ0n) is 14.2. The summed E-state index contributed by atoms with van der Waals surface area (Å²) in [6.45, 7) is 5.65. The maximum atomic E-state index is 12.1. The fraction of sp³-hybridized carbons (Fsp3) is 0.190. The van der Waals surface area contributed by atoms with E-state index in [2.05, 4.69) is 0 Å². The molecular weight excluding hydrogens is 300 g/mol. The van der Waals surface area contributed by atoms with Crippen molar-refractivity contribution in [2.45, 2.75) is 26.9 Å². The number of benzene rings is 2. The monoisotopic (exact) mass is 322 g/mol. The SMILES string of the molecule is CC=C(OC(=O)c1ccccc1)C(C)=CO[C@@H](C)c1ccccc1. The molecule has 0 fully saturated rings. The number of allylic oxidation sites excluding steroid dienone is 2. The third-order valence-electron chi connectivity index (χ3n) is 3.58. The third-order valence-corrected chi connectivity index (χ3v) is 3.58. The van der Waals surface area contributed by atoms with Gasteiger partial charge in [-0.25, -0.2) is 4.79 Å². The minimum absolute atomic E-state index is 0.0796. The molecule has 24 heavy (non-hydrogen) atoms. The van der Waals surface area contributed by atoms with Crippen molar-refractivity contribution >= 4 is 5.97 Å². The summed E-state index contributed by atoms with van der Waals surface area (Å²) in [5.41, 5.74) is 2.36. The molecule has 124 valence electrons. The van der Waals surface area contributed by atoms with Crippen molar-refractivity contribution in [1.82, 2.24) is 0 Å². The van der Waals surface area contributed by atoms with Crippen molar-refractivity contribution in [3.05, 3.63) is 95.5 Å². The average Bonchev–Trinajstić information content (AvgIpc) is 2.65. The first-order chi connectivity index (χ1) is 11.6. The molecule has 1 atom stereocenters. The van der Waals surface area contributed by atoms with Crippen molar-refractivity contribution < 1.29 is 14.3 Å². The van der Waals surface area contributed by atoms with Crippen molar-refractivity contribution in [2.24, 2.45) is 0 Å². The molecule has 2 aromatic carbocycles. The second kappa shape index (κ2) is 8.73. The molecule has 0 heterocycles. The van der Waals surface area contributed by atoms with Gasteiger partial charge in [-0.15, -0.1) is 0 Å². The van der Waals surface area contributed by atoms with Gasteiger partial charge in [0.1, 0.15) is 11.9 Å². The molecule has 2 aromatic rings. The molecule has 0 aromatic heterocycles. The van der Waals surface area contributed by atoms with Gasteiger partial charge in [0.05, 0.1) is 11.8 Å². The Morgan fingerprint density at radius 1 is 1.00 bits per heavy atom. The van der Waals surface area contributed by atoms with Crippen molar-refractivity contribution in [3.63, 3.8) is 0 Å². The molecule has 0 saturated heterocycles. The van der Waals surface area contributed by atoms with Gasteiger partial charge in [-0.1, -0.05) is 48.5 Å². The summed E-state index contributed by atoms with van der Waals surface area (Å²) in [7, 11) is 0. The van der Waals surface area contributed by atoms with Crippen molar-refractivity contribution in [2.75, 3.05) is 0 Å². The number of rotatable bonds is 6. The molecule has 2 rings (SSSR count). The highest BCUT2D eigenvalue weighted by Crippen LogP contribution is 2.20. The van der Waals surface area contributed by atoms with Crippen LogP contribution in [0.4, 0.5) is 0 Å². The van der Waals surface area contributed by atoms with Gasteiger partial charge in [0.25, 0.3) is 0 Å². The molecule has 0 aliphatic carbocycles. The lowest BCUT2D eigenvalue weighted by molar-refractivity contribution is 0.0629. The van der Waals surface area contributed by atoms with E-state index in [0.717, 1.165) is 11.1 Å². The summed E-state index contributed by atoms with van der Waals surface area (Å²) in [6, 6.07) is 18.9. The van der Waals surface area contributed by atoms with Crippen LogP contribution in [0.1, 0.15) is 42.8 Å². The molecule has 3 nitrogen and oxygen atoms in total. The molecule has 0 N–H and O–H groups in total. The molecule has 0 unspecified atom stereocenters. The largest absolute Gasteiger partial charge is 0.493 e. The Bertz CT molecular complexity index is 715. The zero-order chi connectivity index (χ0) is 17.4. The van der Waals surface area contributed by atoms with Crippen LogP contribution in [0.15, 0.2) is 84.3 Å². The Balaban J connectivity index is 2.01. The van der Waals surface area contributed by atoms with E-state index in [9.17, 15) is 4.79 Å². The van der Waals surface area contributed by atoms with Crippen LogP contribution >= 0.6 is 0 Å². The van der Waals surface area contributed by atoms with E-state index < -0.39 is 0 Å². The first-order valence-electron chi connectivity index (χ1n) is 7.93. The zero-order valence-corrected chi connectivity index (χ0v) is 14.2. The molecule has 0 spiro atoms. The third kappa shape index (κ3) is 4.85. The van der Waals surface area contributed by atoms with E-state index in [-0.39, 0.29) is 12.1 Å². The normalized spacial score (nSPS) is 13.3. The van der Waals surface area contributed by atoms with Crippen LogP contribution in [-0.2, 0) is 9.47 Å². The highest BCUT2D eigenvalue weighted by Gasteiger charge is 2.11. The second-order valence-electron chi connectivity index (χ2n) is 5.40. The topological polar surface area (TPSA) is 35.5 Å². The number of hydrogen-bond acceptors (Lipinski definition) is 3. The lowest BCUT2D eigenvalue weighted by Gasteiger charge is -2.14. The first kappa shape index (κ1) is 17.5. The van der Waals surface area contributed by atoms with Crippen molar-refractivity contribution in [1.29, 1.82) is 0 Å². The highest BCUT2D eigenvalue weighted by molar-refractivity contribution is 5.90. The summed E-state index contributed by atoms with van der Waals surface area (Å²) >= 11 is 0. The summed E-state index contributed by atoms with van der Waals surface area (Å²) in [5, 5.41) is 0. The molecule has 0 aliphatic heterocycles. The van der Waals surface area contributed by atoms with Crippen LogP contribution in [-0.4, -0.2) is 5.97 Å². The van der Waals surface area contributed by atoms with Crippen LogP contribution in [0, 0.1) is 0 Å². The minimum atomic E-state index is -0.382. The Labute approximate surface area is 143 Å². The number of carbonyl (C=O) groups is 1. The van der Waals surface area contributed by atoms with Crippen LogP contribution in [0.5, 0.6) is 0 Å². The molecule has 0 bridgehead atoms. The van der Waals surface area contributed by atoms with Gasteiger partial charge in [-0.3, -0.25) is 0 Å². The van der Waals surface area contributed by atoms with Crippen LogP contribution in [0.3, 0.4) is 0 Å². The minimum Gasteiger partial charge on any atom is -0.493 e. The first-order valence-corrected chi connectivity index (χ1v) is 7.93. The van der Waals surface area contributed by atoms with E-state index >= 15 is 0 Å². The van der Waals surface area contributed by atoms with Gasteiger partial charge < -0.3 is 9.47 Å². The molecular formula is C21H22O3. The number of hydrogen-bond donors (Lipinski definition) is 0. The van der Waals surface area contributed by atoms with Gasteiger partial charge in [0.15, 0.2) is 0 Å². The van der Waals surface area contributed by atoms with E-state index in [0.29, 0.717) is 11.3 Å². The van der Waals surface area contributed by atoms with Crippen LogP contribution in [0.2, 0.25) is 0 Å². The van der Waals surface area contributed by atoms with E-state index in [4.69, 9.17) is 9.47 Å². The number of carbonyl (C=O) groups excluding carboxylic acids is 1. The van der Waals surface area contributed by atoms with E-state index in [1.807, 2.05) is 57.2 Å². The lowest BCUT2D eigenvalue weighted by Crippen LogP contribution is -2.06. The Kier molecular flexibility index (Phi) is 6.38. The Morgan fingerprint density at radius 3 is 2.17 bits per heavy atom. The van der Waals surface area contributed by atoms with Gasteiger partial charge in [0.2, 0.25) is 0 Å². The summed E-state index contributed by atoms with van der Waals surface area (Å²) in [4.78, 5) is 12.1. The summed E-state index contributed by atoms with van der Waals surface area (Å²) in [6.07, 6.45) is 3.30. The fourth-order valence-electron chi connectivity index (χ4n) is 2.16. The highest BCUT2D eigenvalue weighted by atomic mass is 16.5. The predicted molar refractivity (Wildman–Crippen MR) is 95.3 cm³/mol. The number of esters is 1. The Morgan fingerprint density at radius 2 is 1.58 bits per heavy atom. The van der Waals surface area contributed by atoms with Gasteiger partial charge >= 0.3 is 5.97 Å². The summed E-state index contributed by atoms with van der Waals surface area (Å²) < 4.78 is 11.2. The van der Waals surface area contributed by atoms with Crippen molar-refractivity contribution in [3.8, 4) is 0 Å². The summed E-state index contributed by atoms with van der Waals surface area (Å²) in [5.74, 6) is 0.108. The maximum absolute atomic E-state index is 12.1. The predicted octanol–water partition coefficient (Wildman–Crippen LogP) is 5.43. The Hall–Kier alpha value is -2.81. The molecule has 0 amide bonds. The lowest BCUT2D eigenvalue weighted by atomic mass is 10.1. The fourth-order valence-corrected chi connectivity index (χ4v) is 2.16. The smallest absolute Gasteiger partial charge is 0.343 e. The maximum Gasteiger partial charge on any atom is 0.343 e. The molecule has 0 aliphatic rings. The van der Waals surface area contributed by atoms with E-state index in [1.165, 1.54) is 0 Å². The van der Waals surface area contributed by atoms with Crippen LogP contribution < -0.4 is 0 Å². The van der Waals surface area contributed by atoms with Gasteiger partial charge in [0, 0.05) is 5.57 Å². The number of ether oxygens (including phenoxy) is 2. The standard InChI is InChI=1S/C21H22O3/c1-4-20(24-21(22)19-13-9-6-10-14-19)16(2)15-23-17(3)18-11-7-5-8-12-18/h4-15,17H,1-3H3/t17-/m0/s1. The molecule has 3 heteroatoms. The van der Waals surface area contributed by atoms with E-state index in [1.54, 1.807) is 36.6 Å².